The van der Waals surface area contributed by atoms with Crippen LogP contribution in [0.5, 0.6) is 0 Å². The molecule has 0 radical (unpaired) electrons. The van der Waals surface area contributed by atoms with Crippen LogP contribution in [0.3, 0.4) is 0 Å². The summed E-state index contributed by atoms with van der Waals surface area (Å²) in [6, 6.07) is 1.60. The lowest BCUT2D eigenvalue weighted by Gasteiger charge is -2.17. The predicted octanol–water partition coefficient (Wildman–Crippen LogP) is 1.77. The van der Waals surface area contributed by atoms with Crippen LogP contribution >= 0.6 is 0 Å². The van der Waals surface area contributed by atoms with E-state index in [4.69, 9.17) is 5.84 Å². The maximum absolute atomic E-state index is 13.1. The molecular weight excluding hydrogens is 205 g/mol. The summed E-state index contributed by atoms with van der Waals surface area (Å²) in [6.07, 6.45) is 6.88. The number of pyridine rings is 1. The van der Waals surface area contributed by atoms with Gasteiger partial charge in [0.25, 0.3) is 0 Å². The average molecular weight is 221 g/mol. The number of aromatic nitrogens is 1. The first-order valence-electron chi connectivity index (χ1n) is 5.88. The predicted molar refractivity (Wildman–Crippen MR) is 58.6 cm³/mol. The van der Waals surface area contributed by atoms with Gasteiger partial charge < -0.3 is 0 Å². The van der Waals surface area contributed by atoms with Gasteiger partial charge in [0, 0.05) is 6.20 Å². The Kier molecular flexibility index (Phi) is 2.41. The molecule has 0 saturated heterocycles. The Morgan fingerprint density at radius 1 is 1.38 bits per heavy atom. The third-order valence-electron chi connectivity index (χ3n) is 4.12. The summed E-state index contributed by atoms with van der Waals surface area (Å²) in [7, 11) is 0. The molecule has 0 amide bonds. The molecule has 0 aromatic carbocycles. The Morgan fingerprint density at radius 3 is 2.75 bits per heavy atom. The molecule has 86 valence electrons. The summed E-state index contributed by atoms with van der Waals surface area (Å²) in [5.41, 5.74) is 3.71. The summed E-state index contributed by atoms with van der Waals surface area (Å²) < 4.78 is 13.1. The number of hydrazine groups is 1. The number of nitrogens with zero attached hydrogens (tertiary/aromatic N) is 1. The molecule has 2 aliphatic rings. The molecule has 0 bridgehead atoms. The molecule has 2 aliphatic carbocycles. The van der Waals surface area contributed by atoms with Crippen molar-refractivity contribution in [2.45, 2.75) is 25.3 Å². The minimum atomic E-state index is -0.288. The van der Waals surface area contributed by atoms with Crippen LogP contribution in [0.2, 0.25) is 0 Å². The van der Waals surface area contributed by atoms with Crippen LogP contribution in [0.1, 0.15) is 30.9 Å². The normalized spacial score (nSPS) is 33.5. The molecule has 3 rings (SSSR count). The lowest BCUT2D eigenvalue weighted by Crippen LogP contribution is -2.30. The second kappa shape index (κ2) is 3.79. The fourth-order valence-electron chi connectivity index (χ4n) is 3.40. The molecule has 3 nitrogen and oxygen atoms in total. The molecule has 0 aliphatic heterocycles. The molecule has 0 spiro atoms. The molecule has 16 heavy (non-hydrogen) atoms. The lowest BCUT2D eigenvalue weighted by molar-refractivity contribution is 0.422. The van der Waals surface area contributed by atoms with E-state index < -0.39 is 0 Å². The van der Waals surface area contributed by atoms with Crippen molar-refractivity contribution >= 4 is 0 Å². The van der Waals surface area contributed by atoms with Gasteiger partial charge in [0.2, 0.25) is 0 Å². The first kappa shape index (κ1) is 10.2. The largest absolute Gasteiger partial charge is 0.271 e. The topological polar surface area (TPSA) is 50.9 Å². The van der Waals surface area contributed by atoms with E-state index in [9.17, 15) is 4.39 Å². The van der Waals surface area contributed by atoms with Crippen molar-refractivity contribution in [3.63, 3.8) is 0 Å². The van der Waals surface area contributed by atoms with Gasteiger partial charge in [-0.2, -0.15) is 0 Å². The maximum Gasteiger partial charge on any atom is 0.141 e. The van der Waals surface area contributed by atoms with E-state index in [1.807, 2.05) is 0 Å². The van der Waals surface area contributed by atoms with Gasteiger partial charge in [-0.15, -0.1) is 0 Å². The third kappa shape index (κ3) is 1.53. The van der Waals surface area contributed by atoms with E-state index >= 15 is 0 Å². The van der Waals surface area contributed by atoms with Crippen molar-refractivity contribution in [3.8, 4) is 0 Å². The number of nitrogens with one attached hydrogen (secondary N) is 1. The molecule has 4 heteroatoms. The number of rotatable bonds is 3. The van der Waals surface area contributed by atoms with Gasteiger partial charge in [0.05, 0.1) is 12.2 Å². The smallest absolute Gasteiger partial charge is 0.141 e. The average Bonchev–Trinajstić information content (AvgIpc) is 2.74. The minimum absolute atomic E-state index is 0.0681. The fourth-order valence-corrected chi connectivity index (χ4v) is 3.40. The molecular formula is C12H16FN3. The van der Waals surface area contributed by atoms with Gasteiger partial charge in [0.1, 0.15) is 5.82 Å². The first-order chi connectivity index (χ1) is 7.81. The quantitative estimate of drug-likeness (QED) is 0.604. The van der Waals surface area contributed by atoms with Crippen molar-refractivity contribution in [1.82, 2.24) is 10.4 Å². The summed E-state index contributed by atoms with van der Waals surface area (Å²) in [5.74, 6) is 7.49. The van der Waals surface area contributed by atoms with Gasteiger partial charge in [-0.05, 0) is 42.2 Å². The van der Waals surface area contributed by atoms with E-state index in [2.05, 4.69) is 10.4 Å². The molecule has 2 fully saturated rings. The van der Waals surface area contributed by atoms with Gasteiger partial charge in [0.15, 0.2) is 0 Å². The van der Waals surface area contributed by atoms with Crippen LogP contribution in [0.15, 0.2) is 18.5 Å². The van der Waals surface area contributed by atoms with E-state index in [1.54, 1.807) is 6.20 Å². The zero-order valence-corrected chi connectivity index (χ0v) is 9.07. The van der Waals surface area contributed by atoms with Crippen LogP contribution < -0.4 is 11.3 Å². The molecule has 3 N–H and O–H groups in total. The number of hydrogen-bond donors (Lipinski definition) is 2. The number of fused-ring (bicyclic) bond motifs is 1. The van der Waals surface area contributed by atoms with Gasteiger partial charge in [-0.25, -0.2) is 4.39 Å². The Balaban J connectivity index is 1.81. The zero-order chi connectivity index (χ0) is 11.1. The van der Waals surface area contributed by atoms with Crippen molar-refractivity contribution in [2.75, 3.05) is 0 Å². The highest BCUT2D eigenvalue weighted by Crippen LogP contribution is 2.61. The Morgan fingerprint density at radius 2 is 2.12 bits per heavy atom. The second-order valence-corrected chi connectivity index (χ2v) is 4.92. The molecule has 1 aromatic rings. The van der Waals surface area contributed by atoms with Crippen molar-refractivity contribution in [3.05, 3.63) is 29.8 Å². The Hall–Kier alpha value is -1.00. The highest BCUT2D eigenvalue weighted by atomic mass is 19.1. The summed E-state index contributed by atoms with van der Waals surface area (Å²) in [6.45, 7) is 0. The first-order valence-corrected chi connectivity index (χ1v) is 5.88. The van der Waals surface area contributed by atoms with Gasteiger partial charge in [-0.3, -0.25) is 16.3 Å². The van der Waals surface area contributed by atoms with Gasteiger partial charge >= 0.3 is 0 Å². The highest BCUT2D eigenvalue weighted by molar-refractivity contribution is 5.21. The van der Waals surface area contributed by atoms with Crippen LogP contribution in [0.4, 0.5) is 4.39 Å². The third-order valence-corrected chi connectivity index (χ3v) is 4.12. The van der Waals surface area contributed by atoms with Crippen LogP contribution in [-0.2, 0) is 0 Å². The van der Waals surface area contributed by atoms with Gasteiger partial charge in [-0.1, -0.05) is 6.42 Å². The van der Waals surface area contributed by atoms with Crippen LogP contribution in [-0.4, -0.2) is 4.98 Å². The molecule has 1 aromatic heterocycles. The van der Waals surface area contributed by atoms with Crippen molar-refractivity contribution < 1.29 is 4.39 Å². The second-order valence-electron chi connectivity index (χ2n) is 4.92. The SMILES string of the molecule is NNC(c1cncc(F)c1)C1C2CCCC21. The minimum Gasteiger partial charge on any atom is -0.271 e. The van der Waals surface area contributed by atoms with Crippen molar-refractivity contribution in [2.24, 2.45) is 23.6 Å². The highest BCUT2D eigenvalue weighted by Gasteiger charge is 2.55. The lowest BCUT2D eigenvalue weighted by atomic mass is 9.99. The zero-order valence-electron chi connectivity index (χ0n) is 9.07. The molecule has 3 unspecified atom stereocenters. The maximum atomic E-state index is 13.1. The standard InChI is InChI=1S/C12H16FN3/c13-8-4-7(5-15-6-8)12(16-14)11-9-2-1-3-10(9)11/h4-6,9-12,16H,1-3,14H2. The van der Waals surface area contributed by atoms with E-state index in [0.29, 0.717) is 5.92 Å². The molecule has 2 saturated carbocycles. The number of hydrogen-bond acceptors (Lipinski definition) is 3. The molecule has 3 atom stereocenters. The van der Waals surface area contributed by atoms with Crippen LogP contribution in [0.25, 0.3) is 0 Å². The van der Waals surface area contributed by atoms with E-state index in [-0.39, 0.29) is 11.9 Å². The number of nitrogens with two attached hydrogens (primary N) is 1. The molecule has 1 heterocycles. The number of halogens is 1. The summed E-state index contributed by atoms with van der Waals surface area (Å²) >= 11 is 0. The Labute approximate surface area is 94.2 Å². The van der Waals surface area contributed by atoms with Crippen LogP contribution in [0, 0.1) is 23.6 Å². The van der Waals surface area contributed by atoms with E-state index in [1.165, 1.54) is 31.5 Å². The summed E-state index contributed by atoms with van der Waals surface area (Å²) in [5, 5.41) is 0. The van der Waals surface area contributed by atoms with E-state index in [0.717, 1.165) is 17.4 Å². The van der Waals surface area contributed by atoms with Crippen molar-refractivity contribution in [1.29, 1.82) is 0 Å². The summed E-state index contributed by atoms with van der Waals surface area (Å²) in [4.78, 5) is 3.89. The fraction of sp³-hybridized carbons (Fsp3) is 0.583. The Bertz CT molecular complexity index is 386. The monoisotopic (exact) mass is 221 g/mol.